The molecule has 0 bridgehead atoms. The summed E-state index contributed by atoms with van der Waals surface area (Å²) in [6.07, 6.45) is 2.15. The number of ether oxygens (including phenoxy) is 1. The van der Waals surface area contributed by atoms with Crippen molar-refractivity contribution >= 4 is 0 Å². The first-order valence-electron chi connectivity index (χ1n) is 6.20. The predicted molar refractivity (Wildman–Crippen MR) is 68.2 cm³/mol. The first-order valence-corrected chi connectivity index (χ1v) is 6.20. The Kier molecular flexibility index (Phi) is 4.19. The van der Waals surface area contributed by atoms with Gasteiger partial charge >= 0.3 is 0 Å². The van der Waals surface area contributed by atoms with Crippen LogP contribution < -0.4 is 4.74 Å². The highest BCUT2D eigenvalue weighted by molar-refractivity contribution is 5.42. The van der Waals surface area contributed by atoms with E-state index < -0.39 is 0 Å². The number of nitrogens with zero attached hydrogens (tertiary/aromatic N) is 2. The third-order valence-electron chi connectivity index (χ3n) is 3.49. The topological polar surface area (TPSA) is 56.5 Å². The quantitative estimate of drug-likeness (QED) is 0.875. The van der Waals surface area contributed by atoms with Crippen LogP contribution in [0.5, 0.6) is 5.75 Å². The van der Waals surface area contributed by atoms with Gasteiger partial charge in [-0.05, 0) is 37.6 Å². The van der Waals surface area contributed by atoms with E-state index in [0.717, 1.165) is 37.2 Å². The normalized spacial score (nSPS) is 19.7. The van der Waals surface area contributed by atoms with Crippen LogP contribution in [0.15, 0.2) is 18.2 Å². The van der Waals surface area contributed by atoms with Gasteiger partial charge in [-0.1, -0.05) is 0 Å². The van der Waals surface area contributed by atoms with E-state index in [2.05, 4.69) is 11.0 Å². The molecule has 4 nitrogen and oxygen atoms in total. The highest BCUT2D eigenvalue weighted by atomic mass is 16.5. The second kappa shape index (κ2) is 5.85. The Bertz CT molecular complexity index is 454. The van der Waals surface area contributed by atoms with E-state index in [-0.39, 0.29) is 12.6 Å². The van der Waals surface area contributed by atoms with Gasteiger partial charge in [0.1, 0.15) is 5.75 Å². The average Bonchev–Trinajstić information content (AvgIpc) is 2.86. The Hall–Kier alpha value is -1.57. The Morgan fingerprint density at radius 1 is 1.56 bits per heavy atom. The zero-order valence-electron chi connectivity index (χ0n) is 10.6. The van der Waals surface area contributed by atoms with Gasteiger partial charge in [-0.15, -0.1) is 0 Å². The fourth-order valence-electron chi connectivity index (χ4n) is 2.50. The molecule has 1 aliphatic heterocycles. The molecule has 1 aromatic carbocycles. The first kappa shape index (κ1) is 12.9. The van der Waals surface area contributed by atoms with Crippen LogP contribution in [0.25, 0.3) is 0 Å². The molecule has 0 amide bonds. The van der Waals surface area contributed by atoms with Crippen molar-refractivity contribution in [3.05, 3.63) is 29.3 Å². The van der Waals surface area contributed by atoms with Crippen LogP contribution in [0.4, 0.5) is 0 Å². The molecular formula is C14H18N2O2. The van der Waals surface area contributed by atoms with Crippen LogP contribution in [0.2, 0.25) is 0 Å². The molecule has 0 spiro atoms. The molecule has 0 unspecified atom stereocenters. The smallest absolute Gasteiger partial charge is 0.123 e. The maximum absolute atomic E-state index is 9.32. The van der Waals surface area contributed by atoms with Crippen LogP contribution in [0, 0.1) is 11.3 Å². The summed E-state index contributed by atoms with van der Waals surface area (Å²) in [7, 11) is 1.64. The third kappa shape index (κ3) is 2.63. The molecule has 2 rings (SSSR count). The molecule has 1 aromatic rings. The molecule has 1 heterocycles. The van der Waals surface area contributed by atoms with Crippen molar-refractivity contribution in [1.82, 2.24) is 4.90 Å². The van der Waals surface area contributed by atoms with Crippen molar-refractivity contribution in [1.29, 1.82) is 5.26 Å². The number of aliphatic hydroxyl groups excluding tert-OH is 1. The molecule has 1 atom stereocenters. The molecule has 1 fully saturated rings. The van der Waals surface area contributed by atoms with Gasteiger partial charge < -0.3 is 9.84 Å². The fourth-order valence-corrected chi connectivity index (χ4v) is 2.50. The van der Waals surface area contributed by atoms with Gasteiger partial charge in [0, 0.05) is 18.2 Å². The summed E-state index contributed by atoms with van der Waals surface area (Å²) in [5.74, 6) is 0.803. The number of benzene rings is 1. The van der Waals surface area contributed by atoms with E-state index in [9.17, 15) is 5.11 Å². The van der Waals surface area contributed by atoms with Gasteiger partial charge in [0.2, 0.25) is 0 Å². The molecule has 18 heavy (non-hydrogen) atoms. The zero-order valence-corrected chi connectivity index (χ0v) is 10.6. The maximum atomic E-state index is 9.32. The third-order valence-corrected chi connectivity index (χ3v) is 3.49. The number of methoxy groups -OCH3 is 1. The summed E-state index contributed by atoms with van der Waals surface area (Å²) < 4.78 is 5.33. The van der Waals surface area contributed by atoms with E-state index in [1.165, 1.54) is 0 Å². The highest BCUT2D eigenvalue weighted by Gasteiger charge is 2.24. The molecule has 0 aromatic heterocycles. The largest absolute Gasteiger partial charge is 0.496 e. The lowest BCUT2D eigenvalue weighted by molar-refractivity contribution is 0.152. The van der Waals surface area contributed by atoms with Crippen molar-refractivity contribution in [3.63, 3.8) is 0 Å². The summed E-state index contributed by atoms with van der Waals surface area (Å²) in [5, 5.41) is 18.3. The summed E-state index contributed by atoms with van der Waals surface area (Å²) in [6.45, 7) is 1.91. The lowest BCUT2D eigenvalue weighted by atomic mass is 10.1. The Labute approximate surface area is 107 Å². The number of rotatable bonds is 4. The summed E-state index contributed by atoms with van der Waals surface area (Å²) in [6, 6.07) is 7.84. The van der Waals surface area contributed by atoms with Gasteiger partial charge in [0.05, 0.1) is 25.3 Å². The van der Waals surface area contributed by atoms with Gasteiger partial charge in [-0.25, -0.2) is 0 Å². The van der Waals surface area contributed by atoms with E-state index >= 15 is 0 Å². The van der Waals surface area contributed by atoms with Gasteiger partial charge in [-0.2, -0.15) is 5.26 Å². The van der Waals surface area contributed by atoms with E-state index in [1.54, 1.807) is 13.2 Å². The van der Waals surface area contributed by atoms with Crippen molar-refractivity contribution in [2.24, 2.45) is 0 Å². The van der Waals surface area contributed by atoms with E-state index in [4.69, 9.17) is 10.00 Å². The molecule has 0 aliphatic carbocycles. The first-order chi connectivity index (χ1) is 8.78. The molecule has 1 aliphatic rings. The second-order valence-electron chi connectivity index (χ2n) is 4.59. The Morgan fingerprint density at radius 3 is 3.06 bits per heavy atom. The van der Waals surface area contributed by atoms with Crippen LogP contribution in [0.3, 0.4) is 0 Å². The maximum Gasteiger partial charge on any atom is 0.123 e. The minimum absolute atomic E-state index is 0.195. The summed E-state index contributed by atoms with van der Waals surface area (Å²) in [5.41, 5.74) is 1.66. The van der Waals surface area contributed by atoms with Crippen molar-refractivity contribution in [2.45, 2.75) is 25.4 Å². The fraction of sp³-hybridized carbons (Fsp3) is 0.500. The Balaban J connectivity index is 2.19. The van der Waals surface area contributed by atoms with Crippen LogP contribution in [-0.2, 0) is 6.54 Å². The van der Waals surface area contributed by atoms with Gasteiger partial charge in [0.15, 0.2) is 0 Å². The summed E-state index contributed by atoms with van der Waals surface area (Å²) in [4.78, 5) is 2.25. The number of aliphatic hydroxyl groups is 1. The van der Waals surface area contributed by atoms with Crippen molar-refractivity contribution in [3.8, 4) is 11.8 Å². The standard InChI is InChI=1S/C14H18N2O2/c1-18-14-5-4-11(8-15)7-12(14)9-16-6-2-3-13(16)10-17/h4-5,7,13,17H,2-3,6,9-10H2,1H3/t13-/m1/s1. The predicted octanol–water partition coefficient (Wildman–Crippen LogP) is 1.52. The van der Waals surface area contributed by atoms with Crippen molar-refractivity contribution in [2.75, 3.05) is 20.3 Å². The molecule has 1 saturated heterocycles. The molecule has 0 radical (unpaired) electrons. The number of hydrogen-bond acceptors (Lipinski definition) is 4. The highest BCUT2D eigenvalue weighted by Crippen LogP contribution is 2.25. The molecule has 0 saturated carbocycles. The van der Waals surface area contributed by atoms with E-state index in [1.807, 2.05) is 12.1 Å². The van der Waals surface area contributed by atoms with Gasteiger partial charge in [0.25, 0.3) is 0 Å². The average molecular weight is 246 g/mol. The number of hydrogen-bond donors (Lipinski definition) is 1. The second-order valence-corrected chi connectivity index (χ2v) is 4.59. The van der Waals surface area contributed by atoms with Crippen LogP contribution >= 0.6 is 0 Å². The monoisotopic (exact) mass is 246 g/mol. The molecule has 4 heteroatoms. The number of nitriles is 1. The lowest BCUT2D eigenvalue weighted by Gasteiger charge is -2.23. The minimum atomic E-state index is 0.195. The lowest BCUT2D eigenvalue weighted by Crippen LogP contribution is -2.31. The van der Waals surface area contributed by atoms with E-state index in [0.29, 0.717) is 5.56 Å². The van der Waals surface area contributed by atoms with Crippen LogP contribution in [-0.4, -0.2) is 36.3 Å². The Morgan fingerprint density at radius 2 is 2.39 bits per heavy atom. The minimum Gasteiger partial charge on any atom is -0.496 e. The van der Waals surface area contributed by atoms with Crippen molar-refractivity contribution < 1.29 is 9.84 Å². The van der Waals surface area contributed by atoms with Crippen LogP contribution in [0.1, 0.15) is 24.0 Å². The SMILES string of the molecule is COc1ccc(C#N)cc1CN1CCC[C@@H]1CO. The molecule has 96 valence electrons. The zero-order chi connectivity index (χ0) is 13.0. The molecule has 1 N–H and O–H groups in total. The molecular weight excluding hydrogens is 228 g/mol. The number of likely N-dealkylation sites (tertiary alicyclic amines) is 1. The van der Waals surface area contributed by atoms with Gasteiger partial charge in [-0.3, -0.25) is 4.90 Å². The summed E-state index contributed by atoms with van der Waals surface area (Å²) >= 11 is 0.